The van der Waals surface area contributed by atoms with Gasteiger partial charge in [-0.3, -0.25) is 4.79 Å². The van der Waals surface area contributed by atoms with Crippen molar-refractivity contribution in [3.63, 3.8) is 0 Å². The number of nitrogens with two attached hydrogens (primary N) is 1. The second kappa shape index (κ2) is 12.1. The van der Waals surface area contributed by atoms with Crippen molar-refractivity contribution in [1.29, 1.82) is 0 Å². The number of thioether (sulfide) groups is 1. The number of nitrogens with one attached hydrogen (secondary N) is 1. The number of rotatable bonds is 10. The predicted molar refractivity (Wildman–Crippen MR) is 119 cm³/mol. The van der Waals surface area contributed by atoms with Crippen molar-refractivity contribution < 1.29 is 14.3 Å². The lowest BCUT2D eigenvalue weighted by Crippen LogP contribution is -2.33. The Hall–Kier alpha value is -2.57. The number of benzene rings is 2. The number of esters is 1. The first-order valence-corrected chi connectivity index (χ1v) is 10.9. The third-order valence-corrected chi connectivity index (χ3v) is 5.34. The fourth-order valence-corrected chi connectivity index (χ4v) is 3.37. The Morgan fingerprint density at radius 2 is 1.79 bits per heavy atom. The van der Waals surface area contributed by atoms with Crippen molar-refractivity contribution in [2.45, 2.75) is 31.2 Å². The monoisotopic (exact) mass is 412 g/mol. The molecule has 0 aliphatic heterocycles. The Kier molecular flexibility index (Phi) is 9.47. The zero-order chi connectivity index (χ0) is 21.1. The molecule has 0 radical (unpaired) electrons. The summed E-state index contributed by atoms with van der Waals surface area (Å²) in [6.07, 6.45) is 6.63. The van der Waals surface area contributed by atoms with Crippen LogP contribution in [0.5, 0.6) is 0 Å². The summed E-state index contributed by atoms with van der Waals surface area (Å²) in [5, 5.41) is 3.05. The molecule has 0 heterocycles. The molecule has 0 saturated carbocycles. The van der Waals surface area contributed by atoms with Gasteiger partial charge < -0.3 is 15.8 Å². The molecule has 0 aromatic heterocycles. The summed E-state index contributed by atoms with van der Waals surface area (Å²) in [6, 6.07) is 16.9. The van der Waals surface area contributed by atoms with E-state index >= 15 is 0 Å². The Bertz CT molecular complexity index is 807. The number of carbonyl (C=O) groups excluding carboxylic acids is 2. The van der Waals surface area contributed by atoms with Gasteiger partial charge in [0.05, 0.1) is 12.0 Å². The fraction of sp³-hybridized carbons (Fsp3) is 0.304. The maximum absolute atomic E-state index is 12.3. The van der Waals surface area contributed by atoms with E-state index in [9.17, 15) is 9.59 Å². The molecular formula is C23H28N2O3S. The van der Waals surface area contributed by atoms with Crippen LogP contribution in [0.2, 0.25) is 0 Å². The van der Waals surface area contributed by atoms with Crippen LogP contribution in [0.3, 0.4) is 0 Å². The van der Waals surface area contributed by atoms with Crippen LogP contribution in [0, 0.1) is 0 Å². The van der Waals surface area contributed by atoms with Crippen molar-refractivity contribution >= 4 is 29.7 Å². The van der Waals surface area contributed by atoms with Crippen LogP contribution in [0.1, 0.15) is 47.3 Å². The lowest BCUT2D eigenvalue weighted by atomic mass is 10.0. The van der Waals surface area contributed by atoms with Crippen molar-refractivity contribution in [2.75, 3.05) is 12.9 Å². The van der Waals surface area contributed by atoms with Gasteiger partial charge >= 0.3 is 5.97 Å². The summed E-state index contributed by atoms with van der Waals surface area (Å²) in [4.78, 5) is 23.7. The summed E-state index contributed by atoms with van der Waals surface area (Å²) < 4.78 is 4.87. The van der Waals surface area contributed by atoms with Crippen LogP contribution in [0.15, 0.2) is 60.7 Å². The lowest BCUT2D eigenvalue weighted by Gasteiger charge is -2.19. The number of ether oxygens (including phenoxy) is 1. The Balaban J connectivity index is 1.86. The summed E-state index contributed by atoms with van der Waals surface area (Å²) in [6.45, 7) is 2.14. The molecule has 3 N–H and O–H groups in total. The highest BCUT2D eigenvalue weighted by Crippen LogP contribution is 2.21. The zero-order valence-corrected chi connectivity index (χ0v) is 17.7. The second-order valence-corrected chi connectivity index (χ2v) is 7.54. The van der Waals surface area contributed by atoms with Gasteiger partial charge in [0.15, 0.2) is 0 Å². The number of hydrogen-bond acceptors (Lipinski definition) is 5. The van der Waals surface area contributed by atoms with E-state index in [-0.39, 0.29) is 23.3 Å². The summed E-state index contributed by atoms with van der Waals surface area (Å²) in [5.41, 5.74) is 8.92. The Morgan fingerprint density at radius 1 is 1.10 bits per heavy atom. The van der Waals surface area contributed by atoms with E-state index in [1.807, 2.05) is 48.7 Å². The summed E-state index contributed by atoms with van der Waals surface area (Å²) in [5.74, 6) is -0.426. The highest BCUT2D eigenvalue weighted by Gasteiger charge is 2.15. The number of hydrogen-bond donors (Lipinski definition) is 2. The molecule has 29 heavy (non-hydrogen) atoms. The second-order valence-electron chi connectivity index (χ2n) is 6.50. The zero-order valence-electron chi connectivity index (χ0n) is 16.8. The third kappa shape index (κ3) is 7.75. The molecule has 1 amide bonds. The highest BCUT2D eigenvalue weighted by atomic mass is 32.2. The molecule has 2 unspecified atom stereocenters. The highest BCUT2D eigenvalue weighted by molar-refractivity contribution is 7.99. The molecule has 154 valence electrons. The maximum Gasteiger partial charge on any atom is 0.330 e. The molecular weight excluding hydrogens is 384 g/mol. The quantitative estimate of drug-likeness (QED) is 0.348. The van der Waals surface area contributed by atoms with Crippen LogP contribution in [0.25, 0.3) is 6.08 Å². The lowest BCUT2D eigenvalue weighted by molar-refractivity contribution is -0.137. The maximum atomic E-state index is 12.3. The van der Waals surface area contributed by atoms with Crippen LogP contribution >= 0.6 is 11.8 Å². The van der Waals surface area contributed by atoms with Gasteiger partial charge in [-0.15, -0.1) is 11.8 Å². The number of amides is 1. The van der Waals surface area contributed by atoms with E-state index in [0.717, 1.165) is 24.0 Å². The van der Waals surface area contributed by atoms with E-state index in [2.05, 4.69) is 5.32 Å². The van der Waals surface area contributed by atoms with Gasteiger partial charge in [-0.25, -0.2) is 4.79 Å². The molecule has 2 atom stereocenters. The van der Waals surface area contributed by atoms with Crippen LogP contribution in [0.4, 0.5) is 0 Å². The normalized spacial score (nSPS) is 13.1. The molecule has 2 aromatic carbocycles. The third-order valence-electron chi connectivity index (χ3n) is 4.42. The van der Waals surface area contributed by atoms with Gasteiger partial charge in [0.25, 0.3) is 5.91 Å². The standard InChI is InChI=1S/C23H28N2O3S/c1-3-28-22(26)16-11-17-9-12-18(13-10-17)20(24)14-15-21(29-2)25-23(27)19-7-5-4-6-8-19/h4-13,16,20-21H,3,14-15,24H2,1-2H3,(H,25,27). The number of carbonyl (C=O) groups is 2. The molecule has 0 spiro atoms. The first-order chi connectivity index (χ1) is 14.0. The van der Waals surface area contributed by atoms with Gasteiger partial charge in [-0.1, -0.05) is 42.5 Å². The molecule has 2 aromatic rings. The van der Waals surface area contributed by atoms with Crippen LogP contribution in [-0.4, -0.2) is 30.1 Å². The van der Waals surface area contributed by atoms with Crippen molar-refractivity contribution in [3.05, 3.63) is 77.4 Å². The van der Waals surface area contributed by atoms with Crippen molar-refractivity contribution in [2.24, 2.45) is 5.73 Å². The van der Waals surface area contributed by atoms with E-state index in [0.29, 0.717) is 12.2 Å². The molecule has 0 aliphatic rings. The minimum absolute atomic E-state index is 0.000501. The van der Waals surface area contributed by atoms with Crippen LogP contribution < -0.4 is 11.1 Å². The van der Waals surface area contributed by atoms with Crippen molar-refractivity contribution in [1.82, 2.24) is 5.32 Å². The van der Waals surface area contributed by atoms with Crippen molar-refractivity contribution in [3.8, 4) is 0 Å². The fourth-order valence-electron chi connectivity index (χ4n) is 2.77. The van der Waals surface area contributed by atoms with E-state index in [1.54, 1.807) is 36.9 Å². The van der Waals surface area contributed by atoms with E-state index < -0.39 is 0 Å². The topological polar surface area (TPSA) is 81.4 Å². The van der Waals surface area contributed by atoms with Gasteiger partial charge in [-0.05, 0) is 55.4 Å². The predicted octanol–water partition coefficient (Wildman–Crippen LogP) is 4.16. The minimum Gasteiger partial charge on any atom is -0.463 e. The summed E-state index contributed by atoms with van der Waals surface area (Å²) >= 11 is 1.61. The van der Waals surface area contributed by atoms with Gasteiger partial charge in [-0.2, -0.15) is 0 Å². The largest absolute Gasteiger partial charge is 0.463 e. The van der Waals surface area contributed by atoms with Gasteiger partial charge in [0.2, 0.25) is 0 Å². The average Bonchev–Trinajstić information content (AvgIpc) is 2.76. The van der Waals surface area contributed by atoms with E-state index in [1.165, 1.54) is 6.08 Å². The average molecular weight is 413 g/mol. The smallest absolute Gasteiger partial charge is 0.330 e. The first-order valence-electron chi connectivity index (χ1n) is 9.62. The molecule has 5 nitrogen and oxygen atoms in total. The van der Waals surface area contributed by atoms with E-state index in [4.69, 9.17) is 10.5 Å². The molecule has 0 bridgehead atoms. The SMILES string of the molecule is CCOC(=O)C=Cc1ccc(C(N)CCC(NC(=O)c2ccccc2)SC)cc1. The first kappa shape index (κ1) is 22.7. The summed E-state index contributed by atoms with van der Waals surface area (Å²) in [7, 11) is 0. The Labute approximate surface area is 176 Å². The molecule has 0 aliphatic carbocycles. The minimum atomic E-state index is -0.353. The van der Waals surface area contributed by atoms with Gasteiger partial charge in [0.1, 0.15) is 0 Å². The molecule has 6 heteroatoms. The Morgan fingerprint density at radius 3 is 2.41 bits per heavy atom. The molecule has 0 fully saturated rings. The van der Waals surface area contributed by atoms with Crippen LogP contribution in [-0.2, 0) is 9.53 Å². The van der Waals surface area contributed by atoms with Gasteiger partial charge in [0, 0.05) is 17.7 Å². The molecule has 0 saturated heterocycles. The molecule has 2 rings (SSSR count).